The Bertz CT molecular complexity index is 466. The van der Waals surface area contributed by atoms with E-state index in [0.29, 0.717) is 0 Å². The first-order chi connectivity index (χ1) is 6.55. The molecule has 1 N–H and O–H groups in total. The third kappa shape index (κ3) is 2.87. The number of hydrogen-bond acceptors (Lipinski definition) is 4. The number of rotatable bonds is 3. The number of nitrogens with one attached hydrogen (secondary N) is 1. The molecule has 0 aliphatic rings. The number of hydrogen-bond donors (Lipinski definition) is 1. The minimum atomic E-state index is -3.64. The maximum Gasteiger partial charge on any atom is 0.246 e. The van der Waals surface area contributed by atoms with Gasteiger partial charge >= 0.3 is 0 Å². The summed E-state index contributed by atoms with van der Waals surface area (Å²) in [6.07, 6.45) is 2.71. The van der Waals surface area contributed by atoms with E-state index in [0.717, 1.165) is 0 Å². The van der Waals surface area contributed by atoms with Crippen molar-refractivity contribution in [1.29, 1.82) is 5.26 Å². The number of nitriles is 1. The Balaban J connectivity index is 2.91. The Morgan fingerprint density at radius 2 is 2.36 bits per heavy atom. The number of sulfonamides is 1. The molecule has 0 spiro atoms. The van der Waals surface area contributed by atoms with Crippen molar-refractivity contribution < 1.29 is 8.42 Å². The highest BCUT2D eigenvalue weighted by Gasteiger charge is 2.11. The van der Waals surface area contributed by atoms with Crippen molar-refractivity contribution in [2.45, 2.75) is 0 Å². The van der Waals surface area contributed by atoms with Crippen LogP contribution in [-0.2, 0) is 10.0 Å². The normalized spacial score (nSPS) is 10.6. The molecule has 0 aliphatic carbocycles. The first kappa shape index (κ1) is 10.8. The molecular formula is C7H6ClN3O2S. The SMILES string of the molecule is N#CCS(=O)(=O)Nc1cnccc1Cl. The lowest BCUT2D eigenvalue weighted by Crippen LogP contribution is -2.15. The van der Waals surface area contributed by atoms with Gasteiger partial charge in [-0.2, -0.15) is 5.26 Å². The van der Waals surface area contributed by atoms with Crippen molar-refractivity contribution in [3.05, 3.63) is 23.5 Å². The van der Waals surface area contributed by atoms with E-state index < -0.39 is 15.8 Å². The van der Waals surface area contributed by atoms with Crippen molar-refractivity contribution >= 4 is 27.3 Å². The van der Waals surface area contributed by atoms with Crippen LogP contribution in [0.4, 0.5) is 5.69 Å². The lowest BCUT2D eigenvalue weighted by Gasteiger charge is -2.05. The third-order valence-electron chi connectivity index (χ3n) is 1.29. The average Bonchev–Trinajstić information content (AvgIpc) is 2.08. The topological polar surface area (TPSA) is 82.8 Å². The maximum absolute atomic E-state index is 11.1. The first-order valence-electron chi connectivity index (χ1n) is 3.52. The number of anilines is 1. The predicted molar refractivity (Wildman–Crippen MR) is 52.3 cm³/mol. The summed E-state index contributed by atoms with van der Waals surface area (Å²) < 4.78 is 24.4. The summed E-state index contributed by atoms with van der Waals surface area (Å²) in [5.41, 5.74) is 0.171. The zero-order chi connectivity index (χ0) is 10.6. The summed E-state index contributed by atoms with van der Waals surface area (Å²) in [4.78, 5) is 3.70. The molecule has 74 valence electrons. The molecule has 1 aromatic heterocycles. The van der Waals surface area contributed by atoms with Crippen LogP contribution in [0.2, 0.25) is 5.02 Å². The second-order valence-electron chi connectivity index (χ2n) is 2.37. The first-order valence-corrected chi connectivity index (χ1v) is 5.55. The zero-order valence-corrected chi connectivity index (χ0v) is 8.51. The molecule has 0 bridgehead atoms. The molecule has 0 saturated heterocycles. The van der Waals surface area contributed by atoms with E-state index in [9.17, 15) is 8.42 Å². The van der Waals surface area contributed by atoms with Gasteiger partial charge in [-0.05, 0) is 6.07 Å². The second-order valence-corrected chi connectivity index (χ2v) is 4.50. The molecule has 1 heterocycles. The van der Waals surface area contributed by atoms with E-state index in [-0.39, 0.29) is 10.7 Å². The van der Waals surface area contributed by atoms with Crippen LogP contribution in [0.1, 0.15) is 0 Å². The zero-order valence-electron chi connectivity index (χ0n) is 6.94. The van der Waals surface area contributed by atoms with Gasteiger partial charge in [0.1, 0.15) is 0 Å². The Morgan fingerprint density at radius 3 is 2.93 bits per heavy atom. The van der Waals surface area contributed by atoms with Crippen LogP contribution in [-0.4, -0.2) is 19.2 Å². The van der Waals surface area contributed by atoms with Gasteiger partial charge < -0.3 is 0 Å². The van der Waals surface area contributed by atoms with Gasteiger partial charge in [-0.15, -0.1) is 0 Å². The Morgan fingerprint density at radius 1 is 1.64 bits per heavy atom. The fraction of sp³-hybridized carbons (Fsp3) is 0.143. The summed E-state index contributed by atoms with van der Waals surface area (Å²) in [5.74, 6) is -0.613. The van der Waals surface area contributed by atoms with Gasteiger partial charge in [-0.1, -0.05) is 11.6 Å². The molecule has 0 atom stereocenters. The lowest BCUT2D eigenvalue weighted by molar-refractivity contribution is 0.604. The molecule has 0 amide bonds. The largest absolute Gasteiger partial charge is 0.280 e. The van der Waals surface area contributed by atoms with Crippen LogP contribution in [0.3, 0.4) is 0 Å². The Kier molecular flexibility index (Phi) is 3.28. The van der Waals surface area contributed by atoms with Crippen LogP contribution >= 0.6 is 11.6 Å². The van der Waals surface area contributed by atoms with Crippen molar-refractivity contribution in [2.24, 2.45) is 0 Å². The molecule has 14 heavy (non-hydrogen) atoms. The van der Waals surface area contributed by atoms with Gasteiger partial charge in [-0.3, -0.25) is 9.71 Å². The molecule has 1 aromatic rings. The molecule has 7 heteroatoms. The van der Waals surface area contributed by atoms with E-state index in [1.807, 2.05) is 0 Å². The van der Waals surface area contributed by atoms with E-state index >= 15 is 0 Å². The number of halogens is 1. The van der Waals surface area contributed by atoms with Crippen molar-refractivity contribution in [2.75, 3.05) is 10.5 Å². The van der Waals surface area contributed by atoms with Crippen LogP contribution in [0, 0.1) is 11.3 Å². The summed E-state index contributed by atoms with van der Waals surface area (Å²) in [5, 5.41) is 8.47. The minimum Gasteiger partial charge on any atom is -0.280 e. The van der Waals surface area contributed by atoms with Crippen molar-refractivity contribution in [3.63, 3.8) is 0 Å². The molecular weight excluding hydrogens is 226 g/mol. The highest BCUT2D eigenvalue weighted by Crippen LogP contribution is 2.20. The summed E-state index contributed by atoms with van der Waals surface area (Å²) in [6, 6.07) is 2.98. The van der Waals surface area contributed by atoms with Gasteiger partial charge in [0, 0.05) is 6.20 Å². The molecule has 0 fully saturated rings. The average molecular weight is 232 g/mol. The van der Waals surface area contributed by atoms with Gasteiger partial charge in [0.05, 0.1) is 23.0 Å². The van der Waals surface area contributed by atoms with E-state index in [1.54, 1.807) is 0 Å². The molecule has 5 nitrogen and oxygen atoms in total. The van der Waals surface area contributed by atoms with Gasteiger partial charge in [0.15, 0.2) is 5.75 Å². The van der Waals surface area contributed by atoms with Crippen LogP contribution in [0.5, 0.6) is 0 Å². The van der Waals surface area contributed by atoms with E-state index in [4.69, 9.17) is 16.9 Å². The van der Waals surface area contributed by atoms with Crippen LogP contribution < -0.4 is 4.72 Å². The Hall–Kier alpha value is -1.32. The molecule has 0 saturated carbocycles. The molecule has 0 aromatic carbocycles. The maximum atomic E-state index is 11.1. The van der Waals surface area contributed by atoms with Gasteiger partial charge in [0.2, 0.25) is 10.0 Å². The fourth-order valence-corrected chi connectivity index (χ4v) is 1.69. The van der Waals surface area contributed by atoms with Crippen LogP contribution in [0.15, 0.2) is 18.5 Å². The molecule has 0 aliphatic heterocycles. The smallest absolute Gasteiger partial charge is 0.246 e. The minimum absolute atomic E-state index is 0.171. The van der Waals surface area contributed by atoms with Crippen LogP contribution in [0.25, 0.3) is 0 Å². The highest BCUT2D eigenvalue weighted by molar-refractivity contribution is 7.92. The van der Waals surface area contributed by atoms with Gasteiger partial charge in [0.25, 0.3) is 0 Å². The third-order valence-corrected chi connectivity index (χ3v) is 2.66. The standard InChI is InChI=1S/C7H6ClN3O2S/c8-6-1-3-10-5-7(6)11-14(12,13)4-2-9/h1,3,5,11H,4H2. The van der Waals surface area contributed by atoms with E-state index in [2.05, 4.69) is 9.71 Å². The van der Waals surface area contributed by atoms with Gasteiger partial charge in [-0.25, -0.2) is 8.42 Å². The quantitative estimate of drug-likeness (QED) is 0.841. The summed E-state index contributed by atoms with van der Waals surface area (Å²) >= 11 is 5.68. The lowest BCUT2D eigenvalue weighted by atomic mass is 10.4. The van der Waals surface area contributed by atoms with Crippen molar-refractivity contribution in [3.8, 4) is 6.07 Å². The Labute approximate surface area is 86.4 Å². The second kappa shape index (κ2) is 4.26. The molecule has 1 rings (SSSR count). The van der Waals surface area contributed by atoms with Crippen molar-refractivity contribution in [1.82, 2.24) is 4.98 Å². The summed E-state index contributed by atoms with van der Waals surface area (Å²) in [7, 11) is -3.64. The highest BCUT2D eigenvalue weighted by atomic mass is 35.5. The monoisotopic (exact) mass is 231 g/mol. The number of pyridine rings is 1. The molecule has 0 unspecified atom stereocenters. The summed E-state index contributed by atoms with van der Waals surface area (Å²) in [6.45, 7) is 0. The number of aromatic nitrogens is 1. The fourth-order valence-electron chi connectivity index (χ4n) is 0.741. The van der Waals surface area contributed by atoms with E-state index in [1.165, 1.54) is 24.5 Å². The molecule has 0 radical (unpaired) electrons. The number of nitrogens with zero attached hydrogens (tertiary/aromatic N) is 2. The predicted octanol–water partition coefficient (Wildman–Crippen LogP) is 1.00.